The lowest BCUT2D eigenvalue weighted by Gasteiger charge is -2.36. The Hall–Kier alpha value is -2.25. The van der Waals surface area contributed by atoms with Crippen LogP contribution in [0.4, 0.5) is 0 Å². The minimum atomic E-state index is -0.586. The first kappa shape index (κ1) is 15.6. The molecule has 2 atom stereocenters. The van der Waals surface area contributed by atoms with E-state index in [2.05, 4.69) is 4.74 Å². The van der Waals surface area contributed by atoms with Crippen LogP contribution in [0.5, 0.6) is 0 Å². The number of ether oxygens (including phenoxy) is 2. The van der Waals surface area contributed by atoms with Crippen LogP contribution in [-0.2, 0) is 23.9 Å². The molecule has 2 aliphatic heterocycles. The lowest BCUT2D eigenvalue weighted by molar-refractivity contribution is -0.145. The first-order valence-corrected chi connectivity index (χ1v) is 7.36. The van der Waals surface area contributed by atoms with E-state index in [1.807, 2.05) is 0 Å². The first-order valence-electron chi connectivity index (χ1n) is 7.36. The fourth-order valence-corrected chi connectivity index (χ4v) is 3.24. The van der Waals surface area contributed by atoms with Crippen LogP contribution >= 0.6 is 0 Å². The molecule has 122 valence electrons. The van der Waals surface area contributed by atoms with Gasteiger partial charge in [-0.15, -0.1) is 0 Å². The third-order valence-electron chi connectivity index (χ3n) is 4.27. The molecular weight excluding hydrogens is 302 g/mol. The first-order chi connectivity index (χ1) is 10.9. The zero-order chi connectivity index (χ0) is 16.7. The molecule has 0 amide bonds. The summed E-state index contributed by atoms with van der Waals surface area (Å²) in [5, 5.41) is 10.6. The van der Waals surface area contributed by atoms with E-state index in [-0.39, 0.29) is 35.7 Å². The van der Waals surface area contributed by atoms with Crippen molar-refractivity contribution in [2.75, 3.05) is 7.11 Å². The van der Waals surface area contributed by atoms with Gasteiger partial charge in [0.25, 0.3) is 0 Å². The van der Waals surface area contributed by atoms with Crippen molar-refractivity contribution in [1.29, 1.82) is 0 Å². The van der Waals surface area contributed by atoms with E-state index < -0.39 is 18.2 Å². The van der Waals surface area contributed by atoms with E-state index >= 15 is 0 Å². The number of esters is 1. The van der Waals surface area contributed by atoms with Crippen LogP contribution in [0.1, 0.15) is 26.2 Å². The SMILES string of the molecule is COC(=O)C[C@H]1CC2=C(C(=O)C3=C(C2=O)N(O)C=CC3)[C@@H](C)O1. The van der Waals surface area contributed by atoms with Gasteiger partial charge in [0, 0.05) is 29.3 Å². The molecule has 1 aliphatic carbocycles. The molecule has 7 nitrogen and oxygen atoms in total. The highest BCUT2D eigenvalue weighted by molar-refractivity contribution is 6.25. The lowest BCUT2D eigenvalue weighted by Crippen LogP contribution is -2.41. The summed E-state index contributed by atoms with van der Waals surface area (Å²) in [6.45, 7) is 1.69. The van der Waals surface area contributed by atoms with Crippen LogP contribution in [0.25, 0.3) is 0 Å². The Kier molecular flexibility index (Phi) is 3.91. The van der Waals surface area contributed by atoms with Crippen molar-refractivity contribution in [3.8, 4) is 0 Å². The molecule has 0 saturated heterocycles. The Morgan fingerprint density at radius 3 is 2.83 bits per heavy atom. The molecule has 2 heterocycles. The molecule has 1 N–H and O–H groups in total. The molecule has 0 saturated carbocycles. The number of hydrogen-bond acceptors (Lipinski definition) is 7. The van der Waals surface area contributed by atoms with E-state index in [0.717, 1.165) is 0 Å². The van der Waals surface area contributed by atoms with Crippen LogP contribution in [0.3, 0.4) is 0 Å². The predicted molar refractivity (Wildman–Crippen MR) is 77.0 cm³/mol. The number of hydrogen-bond donors (Lipinski definition) is 1. The summed E-state index contributed by atoms with van der Waals surface area (Å²) in [6.07, 6.45) is 2.31. The maximum atomic E-state index is 12.7. The predicted octanol–water partition coefficient (Wildman–Crippen LogP) is 1.04. The normalized spacial score (nSPS) is 27.2. The number of ketones is 2. The Balaban J connectivity index is 1.94. The fourth-order valence-electron chi connectivity index (χ4n) is 3.24. The second-order valence-corrected chi connectivity index (χ2v) is 5.70. The van der Waals surface area contributed by atoms with Gasteiger partial charge in [0.2, 0.25) is 5.78 Å². The quantitative estimate of drug-likeness (QED) is 0.600. The number of rotatable bonds is 2. The number of allylic oxidation sites excluding steroid dienone is 3. The van der Waals surface area contributed by atoms with Gasteiger partial charge in [-0.3, -0.25) is 19.6 Å². The molecule has 23 heavy (non-hydrogen) atoms. The number of Topliss-reactive ketones (excluding diaryl/α,β-unsaturated/α-hetero) is 2. The van der Waals surface area contributed by atoms with E-state index in [1.54, 1.807) is 13.0 Å². The summed E-state index contributed by atoms with van der Waals surface area (Å²) in [5.74, 6) is -1.10. The minimum Gasteiger partial charge on any atom is -0.469 e. The van der Waals surface area contributed by atoms with Crippen LogP contribution in [-0.4, -0.2) is 47.1 Å². The molecule has 0 aromatic rings. The highest BCUT2D eigenvalue weighted by Gasteiger charge is 2.43. The average molecular weight is 319 g/mol. The molecule has 0 bridgehead atoms. The molecule has 0 fully saturated rings. The molecule has 0 unspecified atom stereocenters. The summed E-state index contributed by atoms with van der Waals surface area (Å²) >= 11 is 0. The smallest absolute Gasteiger partial charge is 0.308 e. The second kappa shape index (κ2) is 5.75. The summed E-state index contributed by atoms with van der Waals surface area (Å²) in [7, 11) is 1.28. The number of carbonyl (C=O) groups is 3. The minimum absolute atomic E-state index is 0.00201. The Morgan fingerprint density at radius 1 is 1.39 bits per heavy atom. The fraction of sp³-hybridized carbons (Fsp3) is 0.438. The maximum absolute atomic E-state index is 12.7. The van der Waals surface area contributed by atoms with E-state index in [1.165, 1.54) is 13.3 Å². The molecular formula is C16H17NO6. The van der Waals surface area contributed by atoms with Crippen molar-refractivity contribution >= 4 is 17.5 Å². The van der Waals surface area contributed by atoms with Gasteiger partial charge in [0.1, 0.15) is 5.70 Å². The van der Waals surface area contributed by atoms with Gasteiger partial charge in [-0.2, -0.15) is 0 Å². The second-order valence-electron chi connectivity index (χ2n) is 5.70. The number of nitrogens with zero attached hydrogens (tertiary/aromatic N) is 1. The van der Waals surface area contributed by atoms with Crippen molar-refractivity contribution in [3.63, 3.8) is 0 Å². The van der Waals surface area contributed by atoms with Crippen molar-refractivity contribution < 1.29 is 29.1 Å². The third kappa shape index (κ3) is 2.51. The molecule has 0 aromatic carbocycles. The standard InChI is InChI=1S/C16H17NO6/c1-8-13-11(6-9(23-8)7-12(18)22-2)16(20)14-10(15(13)19)4-3-5-17(14)21/h3,5,8-9,21H,4,6-7H2,1-2H3/t8-,9-/m1/s1. The Morgan fingerprint density at radius 2 is 2.13 bits per heavy atom. The summed E-state index contributed by atoms with van der Waals surface area (Å²) < 4.78 is 10.3. The van der Waals surface area contributed by atoms with Gasteiger partial charge < -0.3 is 9.47 Å². The monoisotopic (exact) mass is 319 g/mol. The number of methoxy groups -OCH3 is 1. The average Bonchev–Trinajstić information content (AvgIpc) is 2.51. The van der Waals surface area contributed by atoms with Gasteiger partial charge in [0.15, 0.2) is 5.78 Å². The summed E-state index contributed by atoms with van der Waals surface area (Å²) in [4.78, 5) is 36.8. The van der Waals surface area contributed by atoms with Crippen LogP contribution in [0.15, 0.2) is 34.7 Å². The largest absolute Gasteiger partial charge is 0.469 e. The van der Waals surface area contributed by atoms with E-state index in [9.17, 15) is 19.6 Å². The zero-order valence-electron chi connectivity index (χ0n) is 12.9. The van der Waals surface area contributed by atoms with Crippen molar-refractivity contribution in [2.24, 2.45) is 0 Å². The van der Waals surface area contributed by atoms with Gasteiger partial charge in [-0.25, -0.2) is 5.06 Å². The van der Waals surface area contributed by atoms with Gasteiger partial charge in [-0.1, -0.05) is 6.08 Å². The molecule has 0 aromatic heterocycles. The highest BCUT2D eigenvalue weighted by Crippen LogP contribution is 2.38. The van der Waals surface area contributed by atoms with Crippen molar-refractivity contribution in [1.82, 2.24) is 5.06 Å². The topological polar surface area (TPSA) is 93.1 Å². The molecule has 0 spiro atoms. The lowest BCUT2D eigenvalue weighted by atomic mass is 9.79. The van der Waals surface area contributed by atoms with Crippen LogP contribution < -0.4 is 0 Å². The molecule has 3 aliphatic rings. The Labute approximate surface area is 132 Å². The molecule has 3 rings (SSSR count). The zero-order valence-corrected chi connectivity index (χ0v) is 12.9. The van der Waals surface area contributed by atoms with Gasteiger partial charge in [-0.05, 0) is 13.3 Å². The van der Waals surface area contributed by atoms with E-state index in [4.69, 9.17) is 4.74 Å². The van der Waals surface area contributed by atoms with Crippen molar-refractivity contribution in [2.45, 2.75) is 38.4 Å². The summed E-state index contributed by atoms with van der Waals surface area (Å²) in [5.41, 5.74) is 0.928. The highest BCUT2D eigenvalue weighted by atomic mass is 16.5. The molecule has 7 heteroatoms. The maximum Gasteiger partial charge on any atom is 0.308 e. The molecule has 0 radical (unpaired) electrons. The van der Waals surface area contributed by atoms with Gasteiger partial charge >= 0.3 is 5.97 Å². The summed E-state index contributed by atoms with van der Waals surface area (Å²) in [6, 6.07) is 0. The van der Waals surface area contributed by atoms with Gasteiger partial charge in [0.05, 0.1) is 25.7 Å². The van der Waals surface area contributed by atoms with Crippen LogP contribution in [0.2, 0.25) is 0 Å². The number of hydroxylamine groups is 2. The van der Waals surface area contributed by atoms with E-state index in [0.29, 0.717) is 22.6 Å². The Bertz CT molecular complexity index is 687. The van der Waals surface area contributed by atoms with Crippen molar-refractivity contribution in [3.05, 3.63) is 34.7 Å². The third-order valence-corrected chi connectivity index (χ3v) is 4.27. The number of carbonyl (C=O) groups excluding carboxylic acids is 3. The van der Waals surface area contributed by atoms with Crippen LogP contribution in [0, 0.1) is 0 Å².